The van der Waals surface area contributed by atoms with Gasteiger partial charge in [0.15, 0.2) is 0 Å². The molecule has 7 atom stereocenters. The molecule has 1 aliphatic heterocycles. The minimum atomic E-state index is -1.38. The maximum absolute atomic E-state index is 14.7. The summed E-state index contributed by atoms with van der Waals surface area (Å²) in [6, 6.07) is -0.0198. The van der Waals surface area contributed by atoms with E-state index < -0.39 is 17.7 Å². The first-order valence-electron chi connectivity index (χ1n) is 8.82. The van der Waals surface area contributed by atoms with E-state index in [4.69, 9.17) is 22.1 Å². The molecule has 6 heteroatoms. The number of rotatable bonds is 3. The van der Waals surface area contributed by atoms with Gasteiger partial charge >= 0.3 is 0 Å². The lowest BCUT2D eigenvalue weighted by Gasteiger charge is -2.45. The van der Waals surface area contributed by atoms with E-state index >= 15 is 0 Å². The third kappa shape index (κ3) is 3.12. The largest absolute Gasteiger partial charge is 0.385 e. The highest BCUT2D eigenvalue weighted by Crippen LogP contribution is 2.49. The van der Waals surface area contributed by atoms with Gasteiger partial charge in [0.1, 0.15) is 17.6 Å². The molecule has 0 bridgehead atoms. The zero-order chi connectivity index (χ0) is 16.8. The standard InChI is InChI=1S/C17H28ClFN2O2/c1-9(2)23-11-4-5-14(19)12(8-11)17(22)13-7-10(18)3-6-15(13)21-16(17)20/h9-15,22H,3-8H2,1-2H3,(H2,20,21). The summed E-state index contributed by atoms with van der Waals surface area (Å²) in [5.74, 6) is -0.517. The third-order valence-corrected chi connectivity index (χ3v) is 6.17. The molecule has 7 unspecified atom stereocenters. The zero-order valence-corrected chi connectivity index (χ0v) is 14.7. The molecule has 1 heterocycles. The van der Waals surface area contributed by atoms with Crippen LogP contribution >= 0.6 is 11.6 Å². The SMILES string of the molecule is CC(C)OC1CCC(F)C(C2(O)C(N)=NC3CCC(Cl)CC32)C1. The number of aliphatic imine (C=N–C) groups is 1. The molecular formula is C17H28ClFN2O2. The molecule has 132 valence electrons. The number of nitrogens with two attached hydrogens (primary N) is 1. The van der Waals surface area contributed by atoms with Crippen LogP contribution in [-0.4, -0.2) is 46.3 Å². The van der Waals surface area contributed by atoms with Crippen molar-refractivity contribution in [3.05, 3.63) is 0 Å². The summed E-state index contributed by atoms with van der Waals surface area (Å²) in [5.41, 5.74) is 4.73. The number of ether oxygens (including phenoxy) is 1. The summed E-state index contributed by atoms with van der Waals surface area (Å²) in [5, 5.41) is 11.4. The minimum absolute atomic E-state index is 0.00763. The van der Waals surface area contributed by atoms with Crippen LogP contribution in [0.4, 0.5) is 4.39 Å². The summed E-state index contributed by atoms with van der Waals surface area (Å²) >= 11 is 6.31. The normalized spacial score (nSPS) is 47.5. The number of fused-ring (bicyclic) bond motifs is 1. The molecule has 23 heavy (non-hydrogen) atoms. The number of nitrogens with zero attached hydrogens (tertiary/aromatic N) is 1. The van der Waals surface area contributed by atoms with E-state index in [-0.39, 0.29) is 35.4 Å². The molecule has 0 aromatic rings. The molecule has 0 aromatic carbocycles. The van der Waals surface area contributed by atoms with Gasteiger partial charge in [0.2, 0.25) is 0 Å². The molecule has 2 aliphatic carbocycles. The number of halogens is 2. The molecule has 0 amide bonds. The fraction of sp³-hybridized carbons (Fsp3) is 0.941. The Morgan fingerprint density at radius 3 is 2.70 bits per heavy atom. The Morgan fingerprint density at radius 2 is 2.00 bits per heavy atom. The molecule has 3 aliphatic rings. The van der Waals surface area contributed by atoms with Crippen molar-refractivity contribution < 1.29 is 14.2 Å². The number of hydrogen-bond donors (Lipinski definition) is 2. The molecule has 3 N–H and O–H groups in total. The van der Waals surface area contributed by atoms with E-state index in [1.54, 1.807) is 0 Å². The van der Waals surface area contributed by atoms with E-state index in [1.807, 2.05) is 13.8 Å². The molecule has 4 nitrogen and oxygen atoms in total. The van der Waals surface area contributed by atoms with Crippen LogP contribution in [0.1, 0.15) is 52.4 Å². The molecule has 3 rings (SSSR count). The van der Waals surface area contributed by atoms with Crippen LogP contribution in [0.5, 0.6) is 0 Å². The highest BCUT2D eigenvalue weighted by molar-refractivity contribution is 6.20. The Hall–Kier alpha value is -0.390. The predicted molar refractivity (Wildman–Crippen MR) is 89.6 cm³/mol. The first-order valence-corrected chi connectivity index (χ1v) is 9.25. The Balaban J connectivity index is 1.83. The van der Waals surface area contributed by atoms with Gasteiger partial charge in [-0.25, -0.2) is 4.39 Å². The van der Waals surface area contributed by atoms with Crippen molar-refractivity contribution >= 4 is 17.4 Å². The van der Waals surface area contributed by atoms with Crippen LogP contribution < -0.4 is 5.73 Å². The lowest BCUT2D eigenvalue weighted by molar-refractivity contribution is -0.104. The topological polar surface area (TPSA) is 67.8 Å². The minimum Gasteiger partial charge on any atom is -0.385 e. The fourth-order valence-electron chi connectivity index (χ4n) is 4.73. The van der Waals surface area contributed by atoms with Crippen LogP contribution in [0.25, 0.3) is 0 Å². The molecule has 0 saturated heterocycles. The van der Waals surface area contributed by atoms with Gasteiger partial charge in [-0.15, -0.1) is 11.6 Å². The van der Waals surface area contributed by atoms with Gasteiger partial charge in [0.05, 0.1) is 18.2 Å². The lowest BCUT2D eigenvalue weighted by Crippen LogP contribution is -2.59. The van der Waals surface area contributed by atoms with Crippen molar-refractivity contribution in [2.45, 2.75) is 87.8 Å². The highest BCUT2D eigenvalue weighted by atomic mass is 35.5. The van der Waals surface area contributed by atoms with Crippen molar-refractivity contribution in [1.29, 1.82) is 0 Å². The third-order valence-electron chi connectivity index (χ3n) is 5.78. The monoisotopic (exact) mass is 346 g/mol. The second-order valence-corrected chi connectivity index (χ2v) is 8.28. The summed E-state index contributed by atoms with van der Waals surface area (Å²) in [4.78, 5) is 4.47. The average molecular weight is 347 g/mol. The van der Waals surface area contributed by atoms with Crippen LogP contribution in [0.15, 0.2) is 4.99 Å². The molecule has 2 fully saturated rings. The smallest absolute Gasteiger partial charge is 0.132 e. The highest BCUT2D eigenvalue weighted by Gasteiger charge is 2.58. The van der Waals surface area contributed by atoms with E-state index in [1.165, 1.54) is 0 Å². The summed E-state index contributed by atoms with van der Waals surface area (Å²) in [6.07, 6.45) is 2.91. The summed E-state index contributed by atoms with van der Waals surface area (Å²) in [6.45, 7) is 3.96. The maximum atomic E-state index is 14.7. The first kappa shape index (κ1) is 17.4. The average Bonchev–Trinajstić information content (AvgIpc) is 2.73. The van der Waals surface area contributed by atoms with Crippen molar-refractivity contribution in [3.8, 4) is 0 Å². The van der Waals surface area contributed by atoms with Crippen LogP contribution in [0.3, 0.4) is 0 Å². The van der Waals surface area contributed by atoms with Gasteiger partial charge in [-0.05, 0) is 52.4 Å². The molecular weight excluding hydrogens is 319 g/mol. The predicted octanol–water partition coefficient (Wildman–Crippen LogP) is 2.80. The number of alkyl halides is 2. The maximum Gasteiger partial charge on any atom is 0.132 e. The van der Waals surface area contributed by atoms with Crippen LogP contribution in [-0.2, 0) is 4.74 Å². The second-order valence-electron chi connectivity index (χ2n) is 7.67. The van der Waals surface area contributed by atoms with Gasteiger partial charge in [0.25, 0.3) is 0 Å². The van der Waals surface area contributed by atoms with Crippen molar-refractivity contribution in [1.82, 2.24) is 0 Å². The summed E-state index contributed by atoms with van der Waals surface area (Å²) < 4.78 is 20.6. The van der Waals surface area contributed by atoms with Crippen LogP contribution in [0, 0.1) is 11.8 Å². The molecule has 0 aromatic heterocycles. The van der Waals surface area contributed by atoms with Gasteiger partial charge < -0.3 is 15.6 Å². The first-order chi connectivity index (χ1) is 10.8. The second kappa shape index (κ2) is 6.49. The zero-order valence-electron chi connectivity index (χ0n) is 13.9. The van der Waals surface area contributed by atoms with Crippen molar-refractivity contribution in [3.63, 3.8) is 0 Å². The van der Waals surface area contributed by atoms with Gasteiger partial charge in [-0.1, -0.05) is 0 Å². The lowest BCUT2D eigenvalue weighted by atomic mass is 9.65. The molecule has 2 saturated carbocycles. The van der Waals surface area contributed by atoms with Crippen molar-refractivity contribution in [2.75, 3.05) is 0 Å². The van der Waals surface area contributed by atoms with Gasteiger partial charge in [-0.2, -0.15) is 0 Å². The van der Waals surface area contributed by atoms with E-state index in [2.05, 4.69) is 4.99 Å². The number of amidine groups is 1. The Kier molecular flexibility index (Phi) is 4.92. The van der Waals surface area contributed by atoms with E-state index in [0.29, 0.717) is 25.7 Å². The number of hydrogen-bond acceptors (Lipinski definition) is 4. The van der Waals surface area contributed by atoms with Crippen molar-refractivity contribution in [2.24, 2.45) is 22.6 Å². The Labute approximate surface area is 142 Å². The van der Waals surface area contributed by atoms with Gasteiger partial charge in [0, 0.05) is 17.2 Å². The van der Waals surface area contributed by atoms with Crippen LogP contribution in [0.2, 0.25) is 0 Å². The Morgan fingerprint density at radius 1 is 1.26 bits per heavy atom. The van der Waals surface area contributed by atoms with E-state index in [9.17, 15) is 9.50 Å². The summed E-state index contributed by atoms with van der Waals surface area (Å²) in [7, 11) is 0. The Bertz CT molecular complexity index is 476. The molecule has 0 radical (unpaired) electrons. The van der Waals surface area contributed by atoms with E-state index in [0.717, 1.165) is 12.8 Å². The fourth-order valence-corrected chi connectivity index (χ4v) is 5.04. The molecule has 0 spiro atoms. The van der Waals surface area contributed by atoms with Gasteiger partial charge in [-0.3, -0.25) is 4.99 Å². The number of aliphatic hydroxyl groups is 1. The quantitative estimate of drug-likeness (QED) is 0.772.